The zero-order valence-electron chi connectivity index (χ0n) is 11.8. The monoisotopic (exact) mass is 255 g/mol. The third kappa shape index (κ3) is 2.25. The van der Waals surface area contributed by atoms with Crippen LogP contribution in [0.4, 0.5) is 5.82 Å². The Morgan fingerprint density at radius 3 is 2.32 bits per heavy atom. The van der Waals surface area contributed by atoms with Crippen molar-refractivity contribution in [2.75, 3.05) is 5.73 Å². The van der Waals surface area contributed by atoms with Crippen molar-refractivity contribution in [3.05, 3.63) is 35.5 Å². The van der Waals surface area contributed by atoms with Crippen LogP contribution in [0, 0.1) is 0 Å². The average Bonchev–Trinajstić information content (AvgIpc) is 3.12. The zero-order chi connectivity index (χ0) is 13.6. The molecule has 1 saturated carbocycles. The van der Waals surface area contributed by atoms with E-state index in [1.807, 2.05) is 0 Å². The van der Waals surface area contributed by atoms with Gasteiger partial charge in [-0.3, -0.25) is 5.10 Å². The van der Waals surface area contributed by atoms with E-state index in [4.69, 9.17) is 5.73 Å². The fraction of sp³-hybridized carbons (Fsp3) is 0.438. The molecule has 2 aromatic rings. The number of rotatable bonds is 2. The van der Waals surface area contributed by atoms with Crippen LogP contribution in [0.15, 0.2) is 24.3 Å². The minimum absolute atomic E-state index is 0.180. The first kappa shape index (κ1) is 12.3. The average molecular weight is 255 g/mol. The Hall–Kier alpha value is -1.77. The topological polar surface area (TPSA) is 54.7 Å². The molecule has 3 heteroatoms. The van der Waals surface area contributed by atoms with E-state index in [9.17, 15) is 0 Å². The number of anilines is 1. The predicted octanol–water partition coefficient (Wildman–Crippen LogP) is 3.83. The summed E-state index contributed by atoms with van der Waals surface area (Å²) in [6, 6.07) is 8.71. The van der Waals surface area contributed by atoms with Gasteiger partial charge in [-0.2, -0.15) is 5.10 Å². The number of nitrogens with zero attached hydrogens (tertiary/aromatic N) is 1. The van der Waals surface area contributed by atoms with Gasteiger partial charge in [0.1, 0.15) is 0 Å². The second kappa shape index (κ2) is 4.12. The summed E-state index contributed by atoms with van der Waals surface area (Å²) in [7, 11) is 0. The van der Waals surface area contributed by atoms with Crippen LogP contribution < -0.4 is 5.73 Å². The molecule has 0 bridgehead atoms. The summed E-state index contributed by atoms with van der Waals surface area (Å²) < 4.78 is 0. The maximum absolute atomic E-state index is 6.02. The standard InChI is InChI=1S/C16H21N3/c1-16(2,3)12-8-6-10(7-9-12)13-14(11-4-5-11)18-19-15(13)17/h6-9,11H,4-5H2,1-3H3,(H3,17,18,19). The smallest absolute Gasteiger partial charge is 0.153 e. The fourth-order valence-corrected chi connectivity index (χ4v) is 2.48. The van der Waals surface area contributed by atoms with Crippen molar-refractivity contribution < 1.29 is 0 Å². The molecule has 1 aliphatic rings. The van der Waals surface area contributed by atoms with E-state index in [0.717, 1.165) is 5.56 Å². The van der Waals surface area contributed by atoms with E-state index >= 15 is 0 Å². The Morgan fingerprint density at radius 1 is 1.16 bits per heavy atom. The van der Waals surface area contributed by atoms with Gasteiger partial charge in [0.15, 0.2) is 5.82 Å². The zero-order valence-corrected chi connectivity index (χ0v) is 11.8. The van der Waals surface area contributed by atoms with Crippen molar-refractivity contribution in [2.45, 2.75) is 44.9 Å². The van der Waals surface area contributed by atoms with Crippen molar-refractivity contribution >= 4 is 5.82 Å². The molecule has 0 spiro atoms. The number of hydrogen-bond acceptors (Lipinski definition) is 2. The largest absolute Gasteiger partial charge is 0.382 e. The molecule has 0 aliphatic heterocycles. The number of H-pyrrole nitrogens is 1. The highest BCUT2D eigenvalue weighted by Crippen LogP contribution is 2.45. The van der Waals surface area contributed by atoms with Crippen molar-refractivity contribution in [3.63, 3.8) is 0 Å². The van der Waals surface area contributed by atoms with Gasteiger partial charge in [-0.05, 0) is 29.4 Å². The molecule has 1 aromatic heterocycles. The summed E-state index contributed by atoms with van der Waals surface area (Å²) in [4.78, 5) is 0. The number of benzene rings is 1. The summed E-state index contributed by atoms with van der Waals surface area (Å²) in [6.07, 6.45) is 2.49. The van der Waals surface area contributed by atoms with E-state index in [-0.39, 0.29) is 5.41 Å². The Kier molecular flexibility index (Phi) is 2.66. The second-order valence-electron chi connectivity index (χ2n) is 6.50. The lowest BCUT2D eigenvalue weighted by atomic mass is 9.86. The molecule has 100 valence electrons. The van der Waals surface area contributed by atoms with E-state index in [2.05, 4.69) is 55.2 Å². The van der Waals surface area contributed by atoms with E-state index in [1.165, 1.54) is 29.7 Å². The van der Waals surface area contributed by atoms with Crippen molar-refractivity contribution in [2.24, 2.45) is 0 Å². The van der Waals surface area contributed by atoms with Crippen LogP contribution in [0.25, 0.3) is 11.1 Å². The number of nitrogens with one attached hydrogen (secondary N) is 1. The first-order valence-corrected chi connectivity index (χ1v) is 6.91. The summed E-state index contributed by atoms with van der Waals surface area (Å²) in [6.45, 7) is 6.68. The molecule has 19 heavy (non-hydrogen) atoms. The Bertz CT molecular complexity index is 583. The molecule has 0 atom stereocenters. The maximum atomic E-state index is 6.02. The van der Waals surface area contributed by atoms with Gasteiger partial charge in [0, 0.05) is 17.2 Å². The fourth-order valence-electron chi connectivity index (χ4n) is 2.48. The highest BCUT2D eigenvalue weighted by molar-refractivity contribution is 5.77. The normalized spacial score (nSPS) is 15.7. The molecule has 3 rings (SSSR count). The van der Waals surface area contributed by atoms with Crippen LogP contribution >= 0.6 is 0 Å². The second-order valence-corrected chi connectivity index (χ2v) is 6.50. The van der Waals surface area contributed by atoms with Gasteiger partial charge < -0.3 is 5.73 Å². The van der Waals surface area contributed by atoms with Gasteiger partial charge in [0.2, 0.25) is 0 Å². The Morgan fingerprint density at radius 2 is 1.79 bits per heavy atom. The van der Waals surface area contributed by atoms with Crippen molar-refractivity contribution in [1.82, 2.24) is 10.2 Å². The molecule has 0 amide bonds. The number of hydrogen-bond donors (Lipinski definition) is 2. The molecule has 3 nitrogen and oxygen atoms in total. The van der Waals surface area contributed by atoms with Gasteiger partial charge in [-0.25, -0.2) is 0 Å². The van der Waals surface area contributed by atoms with Crippen LogP contribution in [0.2, 0.25) is 0 Å². The Balaban J connectivity index is 2.01. The van der Waals surface area contributed by atoms with Gasteiger partial charge in [-0.15, -0.1) is 0 Å². The summed E-state index contributed by atoms with van der Waals surface area (Å²) in [5, 5.41) is 7.28. The molecular weight excluding hydrogens is 234 g/mol. The number of nitrogens with two attached hydrogens (primary N) is 1. The molecule has 1 fully saturated rings. The van der Waals surface area contributed by atoms with Gasteiger partial charge in [-0.1, -0.05) is 45.0 Å². The first-order chi connectivity index (χ1) is 8.97. The highest BCUT2D eigenvalue weighted by atomic mass is 15.2. The molecule has 1 aromatic carbocycles. The maximum Gasteiger partial charge on any atom is 0.153 e. The summed E-state index contributed by atoms with van der Waals surface area (Å²) in [5.74, 6) is 1.24. The molecule has 1 aliphatic carbocycles. The van der Waals surface area contributed by atoms with Crippen LogP contribution in [0.3, 0.4) is 0 Å². The van der Waals surface area contributed by atoms with Gasteiger partial charge in [0.25, 0.3) is 0 Å². The number of aromatic nitrogens is 2. The number of nitrogen functional groups attached to an aromatic ring is 1. The van der Waals surface area contributed by atoms with Crippen LogP contribution in [-0.4, -0.2) is 10.2 Å². The first-order valence-electron chi connectivity index (χ1n) is 6.91. The van der Waals surface area contributed by atoms with E-state index < -0.39 is 0 Å². The highest BCUT2D eigenvalue weighted by Gasteiger charge is 2.29. The minimum atomic E-state index is 0.180. The lowest BCUT2D eigenvalue weighted by Gasteiger charge is -2.19. The lowest BCUT2D eigenvalue weighted by molar-refractivity contribution is 0.590. The molecule has 0 radical (unpaired) electrons. The molecule has 1 heterocycles. The quantitative estimate of drug-likeness (QED) is 0.856. The molecule has 0 unspecified atom stereocenters. The van der Waals surface area contributed by atoms with Crippen LogP contribution in [0.1, 0.15) is 50.8 Å². The van der Waals surface area contributed by atoms with Crippen molar-refractivity contribution in [3.8, 4) is 11.1 Å². The molecular formula is C16H21N3. The predicted molar refractivity (Wildman–Crippen MR) is 79.1 cm³/mol. The molecule has 0 saturated heterocycles. The van der Waals surface area contributed by atoms with E-state index in [1.54, 1.807) is 0 Å². The summed E-state index contributed by atoms with van der Waals surface area (Å²) in [5.41, 5.74) is 11.0. The SMILES string of the molecule is CC(C)(C)c1ccc(-c2c(N)n[nH]c2C2CC2)cc1. The Labute approximate surface area is 114 Å². The third-order valence-electron chi connectivity index (χ3n) is 3.85. The van der Waals surface area contributed by atoms with Gasteiger partial charge in [0.05, 0.1) is 0 Å². The van der Waals surface area contributed by atoms with E-state index in [0.29, 0.717) is 11.7 Å². The van der Waals surface area contributed by atoms with Crippen LogP contribution in [0.5, 0.6) is 0 Å². The van der Waals surface area contributed by atoms with Crippen molar-refractivity contribution in [1.29, 1.82) is 0 Å². The third-order valence-corrected chi connectivity index (χ3v) is 3.85. The van der Waals surface area contributed by atoms with Crippen LogP contribution in [-0.2, 0) is 5.41 Å². The minimum Gasteiger partial charge on any atom is -0.382 e. The van der Waals surface area contributed by atoms with Gasteiger partial charge >= 0.3 is 0 Å². The number of aromatic amines is 1. The lowest BCUT2D eigenvalue weighted by Crippen LogP contribution is -2.10. The summed E-state index contributed by atoms with van der Waals surface area (Å²) >= 11 is 0. The molecule has 3 N–H and O–H groups in total.